The standard InChI is InChI=1S/C12H19N3O3/c1-9-3-2-4-10(7-9)18-6-5-15-8-11(12(16)17)13-14-15/h8-10H,2-7H2,1H3,(H,16,17). The lowest BCUT2D eigenvalue weighted by atomic mass is 9.89. The van der Waals surface area contributed by atoms with E-state index in [1.54, 1.807) is 0 Å². The number of hydrogen-bond acceptors (Lipinski definition) is 4. The van der Waals surface area contributed by atoms with Crippen molar-refractivity contribution < 1.29 is 14.6 Å². The topological polar surface area (TPSA) is 77.2 Å². The summed E-state index contributed by atoms with van der Waals surface area (Å²) < 4.78 is 7.30. The van der Waals surface area contributed by atoms with Gasteiger partial charge in [-0.3, -0.25) is 0 Å². The molecule has 1 aliphatic carbocycles. The average molecular weight is 253 g/mol. The maximum Gasteiger partial charge on any atom is 0.358 e. The Morgan fingerprint density at radius 2 is 2.44 bits per heavy atom. The van der Waals surface area contributed by atoms with Gasteiger partial charge in [-0.25, -0.2) is 9.48 Å². The number of aromatic nitrogens is 3. The summed E-state index contributed by atoms with van der Waals surface area (Å²) in [6, 6.07) is 0. The largest absolute Gasteiger partial charge is 0.476 e. The number of rotatable bonds is 5. The molecule has 0 bridgehead atoms. The first-order valence-electron chi connectivity index (χ1n) is 6.40. The Kier molecular flexibility index (Phi) is 4.30. The fraction of sp³-hybridized carbons (Fsp3) is 0.750. The number of ether oxygens (including phenoxy) is 1. The Morgan fingerprint density at radius 1 is 1.61 bits per heavy atom. The van der Waals surface area contributed by atoms with Crippen molar-refractivity contribution in [3.05, 3.63) is 11.9 Å². The minimum absolute atomic E-state index is 0.0266. The number of aromatic carboxylic acids is 1. The van der Waals surface area contributed by atoms with Crippen LogP contribution in [0.4, 0.5) is 0 Å². The molecule has 0 spiro atoms. The molecule has 1 aromatic rings. The third-order valence-corrected chi connectivity index (χ3v) is 3.32. The van der Waals surface area contributed by atoms with Crippen LogP contribution in [-0.2, 0) is 11.3 Å². The molecule has 1 saturated carbocycles. The molecule has 1 N–H and O–H groups in total. The van der Waals surface area contributed by atoms with Crippen LogP contribution in [0.5, 0.6) is 0 Å². The van der Waals surface area contributed by atoms with Crippen LogP contribution < -0.4 is 0 Å². The molecule has 1 aromatic heterocycles. The second-order valence-electron chi connectivity index (χ2n) is 4.94. The minimum atomic E-state index is -1.05. The van der Waals surface area contributed by atoms with E-state index in [1.165, 1.54) is 23.7 Å². The van der Waals surface area contributed by atoms with Gasteiger partial charge in [0.05, 0.1) is 25.5 Å². The molecule has 18 heavy (non-hydrogen) atoms. The Balaban J connectivity index is 1.72. The predicted octanol–water partition coefficient (Wildman–Crippen LogP) is 1.57. The Labute approximate surface area is 106 Å². The number of hydrogen-bond donors (Lipinski definition) is 1. The molecule has 0 radical (unpaired) electrons. The van der Waals surface area contributed by atoms with Gasteiger partial charge in [-0.05, 0) is 18.8 Å². The molecular weight excluding hydrogens is 234 g/mol. The lowest BCUT2D eigenvalue weighted by molar-refractivity contribution is 0.0105. The zero-order chi connectivity index (χ0) is 13.0. The molecule has 0 saturated heterocycles. The molecule has 0 amide bonds. The lowest BCUT2D eigenvalue weighted by Crippen LogP contribution is -2.23. The zero-order valence-corrected chi connectivity index (χ0v) is 10.6. The van der Waals surface area contributed by atoms with Gasteiger partial charge in [0.2, 0.25) is 0 Å². The Morgan fingerprint density at radius 3 is 3.11 bits per heavy atom. The summed E-state index contributed by atoms with van der Waals surface area (Å²) in [5.41, 5.74) is -0.0266. The highest BCUT2D eigenvalue weighted by Crippen LogP contribution is 2.25. The first kappa shape index (κ1) is 13.0. The van der Waals surface area contributed by atoms with Gasteiger partial charge < -0.3 is 9.84 Å². The summed E-state index contributed by atoms with van der Waals surface area (Å²) in [6.45, 7) is 3.36. The SMILES string of the molecule is CC1CCCC(OCCn2cc(C(=O)O)nn2)C1. The van der Waals surface area contributed by atoms with E-state index < -0.39 is 5.97 Å². The van der Waals surface area contributed by atoms with Gasteiger partial charge in [0.15, 0.2) is 5.69 Å². The smallest absolute Gasteiger partial charge is 0.358 e. The second-order valence-corrected chi connectivity index (χ2v) is 4.94. The van der Waals surface area contributed by atoms with Crippen LogP contribution in [0.15, 0.2) is 6.20 Å². The quantitative estimate of drug-likeness (QED) is 0.861. The summed E-state index contributed by atoms with van der Waals surface area (Å²) in [7, 11) is 0. The molecule has 2 rings (SSSR count). The van der Waals surface area contributed by atoms with E-state index in [-0.39, 0.29) is 5.69 Å². The first-order valence-corrected chi connectivity index (χ1v) is 6.40. The normalized spacial score (nSPS) is 24.1. The van der Waals surface area contributed by atoms with Gasteiger partial charge >= 0.3 is 5.97 Å². The summed E-state index contributed by atoms with van der Waals surface area (Å²) in [5, 5.41) is 16.0. The summed E-state index contributed by atoms with van der Waals surface area (Å²) in [4.78, 5) is 10.6. The molecule has 1 aliphatic rings. The van der Waals surface area contributed by atoms with Crippen molar-refractivity contribution in [2.45, 2.75) is 45.3 Å². The highest BCUT2D eigenvalue weighted by Gasteiger charge is 2.19. The Hall–Kier alpha value is -1.43. The number of carboxylic acid groups (broad SMARTS) is 1. The molecule has 2 unspecified atom stereocenters. The highest BCUT2D eigenvalue weighted by molar-refractivity contribution is 5.84. The molecule has 6 nitrogen and oxygen atoms in total. The summed E-state index contributed by atoms with van der Waals surface area (Å²) in [5.74, 6) is -0.308. The molecule has 0 aromatic carbocycles. The maximum atomic E-state index is 10.6. The van der Waals surface area contributed by atoms with Crippen LogP contribution in [0.2, 0.25) is 0 Å². The molecule has 6 heteroatoms. The number of carbonyl (C=O) groups is 1. The van der Waals surface area contributed by atoms with Crippen LogP contribution in [0, 0.1) is 5.92 Å². The van der Waals surface area contributed by atoms with Crippen LogP contribution in [-0.4, -0.2) is 38.8 Å². The van der Waals surface area contributed by atoms with Gasteiger partial charge in [-0.2, -0.15) is 0 Å². The Bertz CT molecular complexity index is 405. The highest BCUT2D eigenvalue weighted by atomic mass is 16.5. The van der Waals surface area contributed by atoms with Crippen LogP contribution in [0.25, 0.3) is 0 Å². The van der Waals surface area contributed by atoms with Gasteiger partial charge in [0.25, 0.3) is 0 Å². The van der Waals surface area contributed by atoms with Crippen molar-refractivity contribution in [2.75, 3.05) is 6.61 Å². The zero-order valence-electron chi connectivity index (χ0n) is 10.6. The van der Waals surface area contributed by atoms with E-state index in [1.807, 2.05) is 0 Å². The van der Waals surface area contributed by atoms with E-state index in [0.29, 0.717) is 19.3 Å². The van der Waals surface area contributed by atoms with E-state index >= 15 is 0 Å². The average Bonchev–Trinajstić information content (AvgIpc) is 2.78. The van der Waals surface area contributed by atoms with Crippen LogP contribution in [0.3, 0.4) is 0 Å². The molecule has 1 fully saturated rings. The van der Waals surface area contributed by atoms with Gasteiger partial charge in [0, 0.05) is 0 Å². The van der Waals surface area contributed by atoms with Gasteiger partial charge in [-0.1, -0.05) is 25.0 Å². The van der Waals surface area contributed by atoms with Crippen molar-refractivity contribution in [3.8, 4) is 0 Å². The monoisotopic (exact) mass is 253 g/mol. The van der Waals surface area contributed by atoms with Gasteiger partial charge in [-0.15, -0.1) is 5.10 Å². The number of nitrogens with zero attached hydrogens (tertiary/aromatic N) is 3. The van der Waals surface area contributed by atoms with Crippen LogP contribution in [0.1, 0.15) is 43.1 Å². The van der Waals surface area contributed by atoms with Gasteiger partial charge in [0.1, 0.15) is 0 Å². The van der Waals surface area contributed by atoms with E-state index in [2.05, 4.69) is 17.2 Å². The summed E-state index contributed by atoms with van der Waals surface area (Å²) >= 11 is 0. The molecular formula is C12H19N3O3. The lowest BCUT2D eigenvalue weighted by Gasteiger charge is -2.26. The fourth-order valence-electron chi connectivity index (χ4n) is 2.35. The first-order chi connectivity index (χ1) is 8.65. The molecule has 2 atom stereocenters. The van der Waals surface area contributed by atoms with E-state index in [9.17, 15) is 4.79 Å². The van der Waals surface area contributed by atoms with Crippen molar-refractivity contribution in [3.63, 3.8) is 0 Å². The third kappa shape index (κ3) is 3.53. The maximum absolute atomic E-state index is 10.6. The number of carboxylic acids is 1. The van der Waals surface area contributed by atoms with Crippen molar-refractivity contribution in [1.82, 2.24) is 15.0 Å². The van der Waals surface area contributed by atoms with Crippen molar-refractivity contribution >= 4 is 5.97 Å². The molecule has 1 heterocycles. The van der Waals surface area contributed by atoms with Crippen molar-refractivity contribution in [2.24, 2.45) is 5.92 Å². The minimum Gasteiger partial charge on any atom is -0.476 e. The second kappa shape index (κ2) is 5.95. The predicted molar refractivity (Wildman–Crippen MR) is 64.4 cm³/mol. The summed E-state index contributed by atoms with van der Waals surface area (Å²) in [6.07, 6.45) is 6.55. The van der Waals surface area contributed by atoms with E-state index in [4.69, 9.17) is 9.84 Å². The van der Waals surface area contributed by atoms with Crippen molar-refractivity contribution in [1.29, 1.82) is 0 Å². The molecule has 100 valence electrons. The fourth-order valence-corrected chi connectivity index (χ4v) is 2.35. The van der Waals surface area contributed by atoms with E-state index in [0.717, 1.165) is 18.8 Å². The third-order valence-electron chi connectivity index (χ3n) is 3.32. The van der Waals surface area contributed by atoms with Crippen LogP contribution >= 0.6 is 0 Å². The molecule has 0 aliphatic heterocycles.